The van der Waals surface area contributed by atoms with E-state index in [2.05, 4.69) is 58.3 Å². The largest absolute Gasteiger partial charge is 0.489 e. The highest BCUT2D eigenvalue weighted by molar-refractivity contribution is 5.62. The SMILES string of the molecule is C1=C(CN2CCN(c3ccccc3)CC2)COc2ccccc21. The van der Waals surface area contributed by atoms with Gasteiger partial charge in [0.25, 0.3) is 0 Å². The van der Waals surface area contributed by atoms with Crippen molar-refractivity contribution >= 4 is 11.8 Å². The molecule has 0 spiro atoms. The number of rotatable bonds is 3. The first-order chi connectivity index (χ1) is 11.4. The molecule has 1 fully saturated rings. The van der Waals surface area contributed by atoms with E-state index in [1.807, 2.05) is 12.1 Å². The number of ether oxygens (including phenoxy) is 1. The number of benzene rings is 2. The van der Waals surface area contributed by atoms with E-state index in [1.165, 1.54) is 16.8 Å². The van der Waals surface area contributed by atoms with Crippen molar-refractivity contribution in [3.63, 3.8) is 0 Å². The Morgan fingerprint density at radius 3 is 2.39 bits per heavy atom. The van der Waals surface area contributed by atoms with Gasteiger partial charge in [0.05, 0.1) is 0 Å². The molecule has 0 bridgehead atoms. The number of nitrogens with zero attached hydrogens (tertiary/aromatic N) is 2. The van der Waals surface area contributed by atoms with Gasteiger partial charge in [-0.05, 0) is 29.8 Å². The van der Waals surface area contributed by atoms with E-state index >= 15 is 0 Å². The minimum Gasteiger partial charge on any atom is -0.489 e. The molecule has 2 aromatic carbocycles. The van der Waals surface area contributed by atoms with Crippen molar-refractivity contribution in [2.24, 2.45) is 0 Å². The first-order valence-electron chi connectivity index (χ1n) is 8.32. The molecule has 118 valence electrons. The van der Waals surface area contributed by atoms with Gasteiger partial charge in [-0.1, -0.05) is 36.4 Å². The van der Waals surface area contributed by atoms with Crippen LogP contribution in [-0.2, 0) is 0 Å². The van der Waals surface area contributed by atoms with Crippen molar-refractivity contribution in [1.82, 2.24) is 4.90 Å². The molecule has 3 heteroatoms. The maximum Gasteiger partial charge on any atom is 0.127 e. The monoisotopic (exact) mass is 306 g/mol. The second-order valence-electron chi connectivity index (χ2n) is 6.23. The van der Waals surface area contributed by atoms with Crippen molar-refractivity contribution < 1.29 is 4.74 Å². The summed E-state index contributed by atoms with van der Waals surface area (Å²) in [6.07, 6.45) is 2.29. The van der Waals surface area contributed by atoms with Gasteiger partial charge in [-0.25, -0.2) is 0 Å². The molecule has 23 heavy (non-hydrogen) atoms. The van der Waals surface area contributed by atoms with E-state index in [1.54, 1.807) is 0 Å². The van der Waals surface area contributed by atoms with Crippen molar-refractivity contribution in [1.29, 1.82) is 0 Å². The minimum absolute atomic E-state index is 0.718. The average Bonchev–Trinajstić information content (AvgIpc) is 2.63. The third-order valence-electron chi connectivity index (χ3n) is 4.61. The Kier molecular flexibility index (Phi) is 4.03. The highest BCUT2D eigenvalue weighted by Gasteiger charge is 2.19. The van der Waals surface area contributed by atoms with E-state index in [4.69, 9.17) is 4.74 Å². The Hall–Kier alpha value is -2.26. The summed E-state index contributed by atoms with van der Waals surface area (Å²) < 4.78 is 5.86. The first-order valence-corrected chi connectivity index (χ1v) is 8.32. The van der Waals surface area contributed by atoms with Crippen molar-refractivity contribution in [2.75, 3.05) is 44.2 Å². The maximum atomic E-state index is 5.86. The molecule has 0 atom stereocenters. The number of piperazine rings is 1. The Morgan fingerprint density at radius 2 is 1.57 bits per heavy atom. The molecule has 0 saturated carbocycles. The summed E-state index contributed by atoms with van der Waals surface area (Å²) in [5.74, 6) is 1.00. The summed E-state index contributed by atoms with van der Waals surface area (Å²) in [7, 11) is 0. The predicted octanol–water partition coefficient (Wildman–Crippen LogP) is 3.28. The lowest BCUT2D eigenvalue weighted by molar-refractivity contribution is 0.260. The summed E-state index contributed by atoms with van der Waals surface area (Å²) in [6, 6.07) is 19.0. The van der Waals surface area contributed by atoms with Gasteiger partial charge in [0.1, 0.15) is 12.4 Å². The van der Waals surface area contributed by atoms with Gasteiger partial charge in [-0.15, -0.1) is 0 Å². The fourth-order valence-corrected chi connectivity index (χ4v) is 3.34. The molecule has 2 aliphatic heterocycles. The molecule has 0 radical (unpaired) electrons. The lowest BCUT2D eigenvalue weighted by atomic mass is 10.1. The van der Waals surface area contributed by atoms with Gasteiger partial charge in [0.15, 0.2) is 0 Å². The normalized spacial score (nSPS) is 18.1. The summed E-state index contributed by atoms with van der Waals surface area (Å²) in [5.41, 5.74) is 3.91. The van der Waals surface area contributed by atoms with Crippen LogP contribution in [0.3, 0.4) is 0 Å². The van der Waals surface area contributed by atoms with Crippen LogP contribution in [-0.4, -0.2) is 44.2 Å². The molecule has 0 aromatic heterocycles. The molecule has 0 N–H and O–H groups in total. The Morgan fingerprint density at radius 1 is 0.826 bits per heavy atom. The number of hydrogen-bond donors (Lipinski definition) is 0. The van der Waals surface area contributed by atoms with Crippen molar-refractivity contribution in [3.8, 4) is 5.75 Å². The Bertz CT molecular complexity index is 688. The van der Waals surface area contributed by atoms with Gasteiger partial charge < -0.3 is 9.64 Å². The number of anilines is 1. The Labute approximate surface area is 137 Å². The predicted molar refractivity (Wildman–Crippen MR) is 95.0 cm³/mol. The smallest absolute Gasteiger partial charge is 0.127 e. The third-order valence-corrected chi connectivity index (χ3v) is 4.61. The van der Waals surface area contributed by atoms with Crippen LogP contribution in [0.5, 0.6) is 5.75 Å². The van der Waals surface area contributed by atoms with E-state index in [9.17, 15) is 0 Å². The van der Waals surface area contributed by atoms with Crippen LogP contribution in [0, 0.1) is 0 Å². The molecular weight excluding hydrogens is 284 g/mol. The van der Waals surface area contributed by atoms with Crippen LogP contribution < -0.4 is 9.64 Å². The summed E-state index contributed by atoms with van der Waals surface area (Å²) >= 11 is 0. The van der Waals surface area contributed by atoms with Crippen LogP contribution in [0.1, 0.15) is 5.56 Å². The van der Waals surface area contributed by atoms with Crippen LogP contribution in [0.15, 0.2) is 60.2 Å². The van der Waals surface area contributed by atoms with Crippen LogP contribution >= 0.6 is 0 Å². The first kappa shape index (κ1) is 14.3. The van der Waals surface area contributed by atoms with Crippen LogP contribution in [0.4, 0.5) is 5.69 Å². The molecular formula is C20H22N2O. The topological polar surface area (TPSA) is 15.7 Å². The van der Waals surface area contributed by atoms with Crippen LogP contribution in [0.25, 0.3) is 6.08 Å². The zero-order valence-corrected chi connectivity index (χ0v) is 13.3. The second-order valence-corrected chi connectivity index (χ2v) is 6.23. The lowest BCUT2D eigenvalue weighted by Crippen LogP contribution is -2.47. The third kappa shape index (κ3) is 3.25. The molecule has 0 unspecified atom stereocenters. The fourth-order valence-electron chi connectivity index (χ4n) is 3.34. The highest BCUT2D eigenvalue weighted by atomic mass is 16.5. The summed E-state index contributed by atoms with van der Waals surface area (Å²) in [5, 5.41) is 0. The lowest BCUT2D eigenvalue weighted by Gasteiger charge is -2.36. The van der Waals surface area contributed by atoms with E-state index in [0.29, 0.717) is 0 Å². The number of fused-ring (bicyclic) bond motifs is 1. The van der Waals surface area contributed by atoms with Gasteiger partial charge in [-0.3, -0.25) is 4.90 Å². The van der Waals surface area contributed by atoms with Crippen molar-refractivity contribution in [3.05, 3.63) is 65.7 Å². The standard InChI is InChI=1S/C20H22N2O/c1-2-7-19(8-3-1)22-12-10-21(11-13-22)15-17-14-18-6-4-5-9-20(18)23-16-17/h1-9,14H,10-13,15-16H2. The fraction of sp³-hybridized carbons (Fsp3) is 0.300. The zero-order chi connectivity index (χ0) is 15.5. The highest BCUT2D eigenvalue weighted by Crippen LogP contribution is 2.26. The quantitative estimate of drug-likeness (QED) is 0.865. The zero-order valence-electron chi connectivity index (χ0n) is 13.3. The molecule has 2 heterocycles. The Balaban J connectivity index is 1.36. The summed E-state index contributed by atoms with van der Waals surface area (Å²) in [6.45, 7) is 6.12. The molecule has 2 aliphatic rings. The average molecular weight is 306 g/mol. The number of hydrogen-bond acceptors (Lipinski definition) is 3. The van der Waals surface area contributed by atoms with Gasteiger partial charge in [0.2, 0.25) is 0 Å². The minimum atomic E-state index is 0.718. The molecule has 0 aliphatic carbocycles. The van der Waals surface area contributed by atoms with Gasteiger partial charge in [-0.2, -0.15) is 0 Å². The maximum absolute atomic E-state index is 5.86. The van der Waals surface area contributed by atoms with Crippen LogP contribution in [0.2, 0.25) is 0 Å². The number of para-hydroxylation sites is 2. The van der Waals surface area contributed by atoms with Crippen molar-refractivity contribution in [2.45, 2.75) is 0 Å². The molecule has 4 rings (SSSR count). The van der Waals surface area contributed by atoms with Gasteiger partial charge in [0, 0.05) is 44.0 Å². The summed E-state index contributed by atoms with van der Waals surface area (Å²) in [4.78, 5) is 5.00. The molecule has 3 nitrogen and oxygen atoms in total. The van der Waals surface area contributed by atoms with E-state index in [-0.39, 0.29) is 0 Å². The molecule has 2 aromatic rings. The van der Waals surface area contributed by atoms with E-state index < -0.39 is 0 Å². The molecule has 0 amide bonds. The van der Waals surface area contributed by atoms with Gasteiger partial charge >= 0.3 is 0 Å². The molecule has 1 saturated heterocycles. The second kappa shape index (κ2) is 6.47. The van der Waals surface area contributed by atoms with E-state index in [0.717, 1.165) is 45.1 Å².